The number of rotatable bonds is 7. The maximum atomic E-state index is 11.9. The van der Waals surface area contributed by atoms with Gasteiger partial charge in [0.2, 0.25) is 5.91 Å². The lowest BCUT2D eigenvalue weighted by Gasteiger charge is -2.20. The number of hydrogen-bond acceptors (Lipinski definition) is 3. The third-order valence-corrected chi connectivity index (χ3v) is 3.84. The third kappa shape index (κ3) is 6.36. The Labute approximate surface area is 127 Å². The Morgan fingerprint density at radius 1 is 1.14 bits per heavy atom. The molecule has 2 aliphatic carbocycles. The second-order valence-corrected chi connectivity index (χ2v) is 7.30. The number of carbonyl (C=O) groups excluding carboxylic acids is 2. The van der Waals surface area contributed by atoms with Crippen LogP contribution in [-0.2, 0) is 9.53 Å². The molecule has 2 rings (SSSR count). The minimum atomic E-state index is -0.483. The smallest absolute Gasteiger partial charge is 0.407 e. The van der Waals surface area contributed by atoms with Crippen molar-refractivity contribution in [3.05, 3.63) is 0 Å². The summed E-state index contributed by atoms with van der Waals surface area (Å²) in [6.07, 6.45) is 5.75. The zero-order chi connectivity index (χ0) is 15.5. The van der Waals surface area contributed by atoms with Crippen LogP contribution in [0.2, 0.25) is 0 Å². The van der Waals surface area contributed by atoms with E-state index in [0.29, 0.717) is 25.4 Å². The number of alkyl carbamates (subject to hydrolysis) is 1. The van der Waals surface area contributed by atoms with E-state index < -0.39 is 11.7 Å². The Bertz CT molecular complexity index is 369. The summed E-state index contributed by atoms with van der Waals surface area (Å²) in [5, 5.41) is 5.86. The Morgan fingerprint density at radius 2 is 1.71 bits per heavy atom. The van der Waals surface area contributed by atoms with Crippen LogP contribution in [0.4, 0.5) is 4.79 Å². The summed E-state index contributed by atoms with van der Waals surface area (Å²) in [6.45, 7) is 5.96. The van der Waals surface area contributed by atoms with Gasteiger partial charge in [-0.1, -0.05) is 0 Å². The Kier molecular flexibility index (Phi) is 5.12. The lowest BCUT2D eigenvalue weighted by Crippen LogP contribution is -2.38. The van der Waals surface area contributed by atoms with Gasteiger partial charge in [0, 0.05) is 19.0 Å². The quantitative estimate of drug-likeness (QED) is 0.710. The molecule has 0 heterocycles. The number of carbonyl (C=O) groups is 2. The van der Waals surface area contributed by atoms with Crippen molar-refractivity contribution in [1.82, 2.24) is 10.6 Å². The molecule has 0 atom stereocenters. The van der Waals surface area contributed by atoms with Gasteiger partial charge in [-0.2, -0.15) is 0 Å². The van der Waals surface area contributed by atoms with Crippen molar-refractivity contribution < 1.29 is 14.3 Å². The third-order valence-electron chi connectivity index (χ3n) is 3.84. The first-order chi connectivity index (χ1) is 9.85. The van der Waals surface area contributed by atoms with E-state index in [-0.39, 0.29) is 5.91 Å². The minimum Gasteiger partial charge on any atom is -0.444 e. The molecule has 0 unspecified atom stereocenters. The van der Waals surface area contributed by atoms with Crippen molar-refractivity contribution in [2.75, 3.05) is 6.54 Å². The van der Waals surface area contributed by atoms with Crippen molar-refractivity contribution >= 4 is 12.0 Å². The van der Waals surface area contributed by atoms with E-state index in [2.05, 4.69) is 10.6 Å². The molecule has 21 heavy (non-hydrogen) atoms. The molecule has 5 nitrogen and oxygen atoms in total. The van der Waals surface area contributed by atoms with E-state index in [0.717, 1.165) is 11.8 Å². The van der Waals surface area contributed by atoms with Crippen molar-refractivity contribution in [2.24, 2.45) is 11.8 Å². The lowest BCUT2D eigenvalue weighted by atomic mass is 10.1. The molecule has 0 spiro atoms. The highest BCUT2D eigenvalue weighted by atomic mass is 16.6. The van der Waals surface area contributed by atoms with Crippen LogP contribution in [0, 0.1) is 11.8 Å². The fraction of sp³-hybridized carbons (Fsp3) is 0.875. The standard InChI is InChI=1S/C16H28N2O3/c1-16(2,3)21-15(20)17-10-4-5-13(19)18-14(11-6-7-11)12-8-9-12/h11-12,14H,4-10H2,1-3H3,(H,17,20)(H,18,19). The molecule has 2 amide bonds. The molecule has 0 radical (unpaired) electrons. The van der Waals surface area contributed by atoms with Gasteiger partial charge in [0.05, 0.1) is 0 Å². The molecule has 2 aliphatic rings. The first kappa shape index (κ1) is 16.1. The second kappa shape index (κ2) is 6.67. The van der Waals surface area contributed by atoms with Crippen LogP contribution < -0.4 is 10.6 Å². The summed E-state index contributed by atoms with van der Waals surface area (Å²) >= 11 is 0. The van der Waals surface area contributed by atoms with Gasteiger partial charge in [0.15, 0.2) is 0 Å². The van der Waals surface area contributed by atoms with E-state index >= 15 is 0 Å². The van der Waals surface area contributed by atoms with Crippen LogP contribution in [0.3, 0.4) is 0 Å². The molecule has 120 valence electrons. The fourth-order valence-electron chi connectivity index (χ4n) is 2.54. The van der Waals surface area contributed by atoms with E-state index in [1.54, 1.807) is 0 Å². The highest BCUT2D eigenvalue weighted by molar-refractivity contribution is 5.76. The number of nitrogens with one attached hydrogen (secondary N) is 2. The van der Waals surface area contributed by atoms with Gasteiger partial charge in [0.25, 0.3) is 0 Å². The predicted octanol–water partition coefficient (Wildman–Crippen LogP) is 2.60. The molecule has 0 aliphatic heterocycles. The Hall–Kier alpha value is -1.26. The van der Waals surface area contributed by atoms with Gasteiger partial charge in [-0.15, -0.1) is 0 Å². The Balaban J connectivity index is 1.55. The average Bonchev–Trinajstić information content (AvgIpc) is 3.24. The summed E-state index contributed by atoms with van der Waals surface area (Å²) in [5.74, 6) is 1.56. The number of hydrogen-bond donors (Lipinski definition) is 2. The van der Waals surface area contributed by atoms with Gasteiger partial charge in [-0.3, -0.25) is 4.79 Å². The largest absolute Gasteiger partial charge is 0.444 e. The van der Waals surface area contributed by atoms with Crippen LogP contribution in [-0.4, -0.2) is 30.2 Å². The molecule has 0 saturated heterocycles. The van der Waals surface area contributed by atoms with E-state index in [4.69, 9.17) is 4.74 Å². The lowest BCUT2D eigenvalue weighted by molar-refractivity contribution is -0.122. The topological polar surface area (TPSA) is 67.4 Å². The molecule has 2 fully saturated rings. The summed E-state index contributed by atoms with van der Waals surface area (Å²) < 4.78 is 5.14. The zero-order valence-electron chi connectivity index (χ0n) is 13.4. The Morgan fingerprint density at radius 3 is 2.19 bits per heavy atom. The van der Waals surface area contributed by atoms with E-state index in [9.17, 15) is 9.59 Å². The van der Waals surface area contributed by atoms with Crippen LogP contribution in [0.15, 0.2) is 0 Å². The summed E-state index contributed by atoms with van der Waals surface area (Å²) in [7, 11) is 0. The van der Waals surface area contributed by atoms with Crippen LogP contribution in [0.1, 0.15) is 59.3 Å². The molecular weight excluding hydrogens is 268 g/mol. The molecule has 0 bridgehead atoms. The first-order valence-corrected chi connectivity index (χ1v) is 8.11. The van der Waals surface area contributed by atoms with Crippen molar-refractivity contribution in [3.63, 3.8) is 0 Å². The van der Waals surface area contributed by atoms with Crippen molar-refractivity contribution in [1.29, 1.82) is 0 Å². The summed E-state index contributed by atoms with van der Waals surface area (Å²) in [4.78, 5) is 23.4. The monoisotopic (exact) mass is 296 g/mol. The van der Waals surface area contributed by atoms with Gasteiger partial charge in [0.1, 0.15) is 5.60 Å². The number of ether oxygens (including phenoxy) is 1. The molecule has 2 N–H and O–H groups in total. The van der Waals surface area contributed by atoms with Crippen LogP contribution in [0.5, 0.6) is 0 Å². The average molecular weight is 296 g/mol. The van der Waals surface area contributed by atoms with Gasteiger partial charge >= 0.3 is 6.09 Å². The molecule has 0 aromatic carbocycles. The maximum absolute atomic E-state index is 11.9. The molecule has 0 aromatic rings. The van der Waals surface area contributed by atoms with Gasteiger partial charge in [-0.25, -0.2) is 4.79 Å². The molecule has 0 aromatic heterocycles. The van der Waals surface area contributed by atoms with Gasteiger partial charge < -0.3 is 15.4 Å². The van der Waals surface area contributed by atoms with Crippen molar-refractivity contribution in [3.8, 4) is 0 Å². The summed E-state index contributed by atoms with van der Waals surface area (Å²) in [5.41, 5.74) is -0.483. The second-order valence-electron chi connectivity index (χ2n) is 7.30. The summed E-state index contributed by atoms with van der Waals surface area (Å²) in [6, 6.07) is 0.413. The van der Waals surface area contributed by atoms with E-state index in [1.165, 1.54) is 25.7 Å². The SMILES string of the molecule is CC(C)(C)OC(=O)NCCCC(=O)NC(C1CC1)C1CC1. The fourth-order valence-corrected chi connectivity index (χ4v) is 2.54. The van der Waals surface area contributed by atoms with Crippen LogP contribution in [0.25, 0.3) is 0 Å². The first-order valence-electron chi connectivity index (χ1n) is 8.11. The highest BCUT2D eigenvalue weighted by Crippen LogP contribution is 2.44. The minimum absolute atomic E-state index is 0.116. The molecule has 5 heteroatoms. The molecule has 2 saturated carbocycles. The maximum Gasteiger partial charge on any atom is 0.407 e. The number of amides is 2. The van der Waals surface area contributed by atoms with Crippen molar-refractivity contribution in [2.45, 2.75) is 70.9 Å². The van der Waals surface area contributed by atoms with Crippen LogP contribution >= 0.6 is 0 Å². The normalized spacial score (nSPS) is 18.5. The van der Waals surface area contributed by atoms with E-state index in [1.807, 2.05) is 20.8 Å². The zero-order valence-corrected chi connectivity index (χ0v) is 13.4. The predicted molar refractivity (Wildman–Crippen MR) is 80.8 cm³/mol. The highest BCUT2D eigenvalue weighted by Gasteiger charge is 2.42. The molecular formula is C16H28N2O3. The van der Waals surface area contributed by atoms with Gasteiger partial charge in [-0.05, 0) is 64.7 Å².